The van der Waals surface area contributed by atoms with Crippen LogP contribution in [0.25, 0.3) is 0 Å². The summed E-state index contributed by atoms with van der Waals surface area (Å²) in [6, 6.07) is 26.2. The van der Waals surface area contributed by atoms with E-state index in [1.165, 1.54) is 0 Å². The molecule has 8 nitrogen and oxygen atoms in total. The molecule has 1 aromatic heterocycles. The van der Waals surface area contributed by atoms with E-state index in [9.17, 15) is 9.59 Å². The Hall–Kier alpha value is -4.59. The first-order chi connectivity index (χ1) is 18.6. The molecule has 1 atom stereocenters. The third kappa shape index (κ3) is 7.96. The molecular weight excluding hydrogens is 480 g/mol. The molecule has 196 valence electrons. The van der Waals surface area contributed by atoms with E-state index in [4.69, 9.17) is 9.47 Å². The summed E-state index contributed by atoms with van der Waals surface area (Å²) in [5.41, 5.74) is 3.66. The average molecular weight is 513 g/mol. The highest BCUT2D eigenvalue weighted by molar-refractivity contribution is 5.86. The maximum Gasteiger partial charge on any atom is 0.408 e. The van der Waals surface area contributed by atoms with Crippen LogP contribution < -0.4 is 10.1 Å². The van der Waals surface area contributed by atoms with Gasteiger partial charge in [-0.2, -0.15) is 0 Å². The first-order valence-electron chi connectivity index (χ1n) is 12.6. The first kappa shape index (κ1) is 26.5. The lowest BCUT2D eigenvalue weighted by atomic mass is 10.1. The number of aromatic nitrogens is 2. The summed E-state index contributed by atoms with van der Waals surface area (Å²) >= 11 is 0. The van der Waals surface area contributed by atoms with Crippen LogP contribution in [0, 0.1) is 0 Å². The van der Waals surface area contributed by atoms with E-state index in [2.05, 4.69) is 15.3 Å². The predicted molar refractivity (Wildman–Crippen MR) is 144 cm³/mol. The van der Waals surface area contributed by atoms with Gasteiger partial charge < -0.3 is 24.7 Å². The minimum Gasteiger partial charge on any atom is -0.489 e. The lowest BCUT2D eigenvalue weighted by molar-refractivity contribution is -0.133. The zero-order chi connectivity index (χ0) is 26.6. The molecule has 38 heavy (non-hydrogen) atoms. The lowest BCUT2D eigenvalue weighted by Gasteiger charge is -2.27. The van der Waals surface area contributed by atoms with Gasteiger partial charge in [-0.25, -0.2) is 9.78 Å². The second-order valence-electron chi connectivity index (χ2n) is 8.81. The smallest absolute Gasteiger partial charge is 0.408 e. The largest absolute Gasteiger partial charge is 0.489 e. The minimum absolute atomic E-state index is 0.119. The number of imidazole rings is 1. The van der Waals surface area contributed by atoms with Crippen molar-refractivity contribution in [2.24, 2.45) is 0 Å². The second kappa shape index (κ2) is 13.6. The van der Waals surface area contributed by atoms with E-state index >= 15 is 0 Å². The van der Waals surface area contributed by atoms with E-state index in [1.54, 1.807) is 17.4 Å². The summed E-state index contributed by atoms with van der Waals surface area (Å²) in [6.07, 6.45) is 2.80. The highest BCUT2D eigenvalue weighted by Crippen LogP contribution is 2.16. The predicted octanol–water partition coefficient (Wildman–Crippen LogP) is 4.87. The minimum atomic E-state index is -0.813. The molecule has 0 saturated heterocycles. The molecule has 3 aromatic carbocycles. The Labute approximate surface area is 222 Å². The first-order valence-corrected chi connectivity index (χ1v) is 12.6. The van der Waals surface area contributed by atoms with Crippen molar-refractivity contribution in [3.63, 3.8) is 0 Å². The van der Waals surface area contributed by atoms with Crippen LogP contribution in [0.3, 0.4) is 0 Å². The number of nitrogens with zero attached hydrogens (tertiary/aromatic N) is 2. The number of nitrogens with one attached hydrogen (secondary N) is 2. The average Bonchev–Trinajstić information content (AvgIpc) is 3.48. The van der Waals surface area contributed by atoms with Crippen molar-refractivity contribution in [3.8, 4) is 5.75 Å². The molecule has 2 amide bonds. The van der Waals surface area contributed by atoms with Gasteiger partial charge in [0.25, 0.3) is 0 Å². The second-order valence-corrected chi connectivity index (χ2v) is 8.81. The van der Waals surface area contributed by atoms with E-state index in [1.807, 2.05) is 91.9 Å². The van der Waals surface area contributed by atoms with E-state index < -0.39 is 12.1 Å². The lowest BCUT2D eigenvalue weighted by Crippen LogP contribution is -2.49. The summed E-state index contributed by atoms with van der Waals surface area (Å²) in [5.74, 6) is 0.551. The SMILES string of the molecule is CCN(Cc1ccc(OCc2ccccc2)cc1)C(=O)C(Cc1cnc[nH]1)NC(=O)OCc1ccccc1. The molecule has 2 N–H and O–H groups in total. The van der Waals surface area contributed by atoms with Crippen LogP contribution in [0.5, 0.6) is 5.75 Å². The van der Waals surface area contributed by atoms with Gasteiger partial charge in [0.05, 0.1) is 6.33 Å². The van der Waals surface area contributed by atoms with E-state index in [0.717, 1.165) is 28.1 Å². The van der Waals surface area contributed by atoms with Gasteiger partial charge in [-0.3, -0.25) is 4.79 Å². The number of carbonyl (C=O) groups excluding carboxylic acids is 2. The molecular formula is C30H32N4O4. The number of benzene rings is 3. The maximum atomic E-state index is 13.5. The number of rotatable bonds is 12. The molecule has 0 aliphatic heterocycles. The number of aromatic amines is 1. The Morgan fingerprint density at radius 2 is 1.55 bits per heavy atom. The number of amides is 2. The van der Waals surface area contributed by atoms with Gasteiger partial charge in [0.2, 0.25) is 5.91 Å². The number of carbonyl (C=O) groups is 2. The highest BCUT2D eigenvalue weighted by atomic mass is 16.5. The maximum absolute atomic E-state index is 13.5. The van der Waals surface area contributed by atoms with Gasteiger partial charge in [-0.1, -0.05) is 72.8 Å². The Kier molecular flexibility index (Phi) is 9.51. The normalized spacial score (nSPS) is 11.4. The number of alkyl carbamates (subject to hydrolysis) is 1. The number of ether oxygens (including phenoxy) is 2. The molecule has 1 unspecified atom stereocenters. The fraction of sp³-hybridized carbons (Fsp3) is 0.233. The Morgan fingerprint density at radius 3 is 2.16 bits per heavy atom. The van der Waals surface area contributed by atoms with Crippen LogP contribution in [0.1, 0.15) is 29.3 Å². The summed E-state index contributed by atoms with van der Waals surface area (Å²) < 4.78 is 11.2. The van der Waals surface area contributed by atoms with Gasteiger partial charge in [-0.05, 0) is 35.7 Å². The van der Waals surface area contributed by atoms with Crippen LogP contribution >= 0.6 is 0 Å². The van der Waals surface area contributed by atoms with Crippen LogP contribution in [0.15, 0.2) is 97.5 Å². The van der Waals surface area contributed by atoms with Crippen molar-refractivity contribution in [3.05, 3.63) is 120 Å². The summed E-state index contributed by atoms with van der Waals surface area (Å²) in [5, 5.41) is 2.75. The van der Waals surface area contributed by atoms with Crippen LogP contribution in [-0.2, 0) is 35.7 Å². The topological polar surface area (TPSA) is 96.5 Å². The van der Waals surface area contributed by atoms with Gasteiger partial charge in [0.15, 0.2) is 0 Å². The molecule has 0 fully saturated rings. The summed E-state index contributed by atoms with van der Waals surface area (Å²) in [6.45, 7) is 3.39. The zero-order valence-electron chi connectivity index (χ0n) is 21.4. The Balaban J connectivity index is 1.37. The van der Waals surface area contributed by atoms with E-state index in [-0.39, 0.29) is 18.9 Å². The van der Waals surface area contributed by atoms with Crippen LogP contribution in [-0.4, -0.2) is 39.5 Å². The van der Waals surface area contributed by atoms with E-state index in [0.29, 0.717) is 19.7 Å². The molecule has 1 heterocycles. The highest BCUT2D eigenvalue weighted by Gasteiger charge is 2.27. The standard InChI is InChI=1S/C30H32N4O4/c1-2-34(19-23-13-15-27(16-14-23)37-20-24-9-5-3-6-10-24)29(35)28(17-26-18-31-22-32-26)33-30(36)38-21-25-11-7-4-8-12-25/h3-16,18,22,28H,2,17,19-21H2,1H3,(H,31,32)(H,33,36). The molecule has 0 aliphatic rings. The van der Waals surface area contributed by atoms with Crippen molar-refractivity contribution in [2.75, 3.05) is 6.54 Å². The van der Waals surface area contributed by atoms with Gasteiger partial charge in [0, 0.05) is 31.4 Å². The van der Waals surface area contributed by atoms with Crippen LogP contribution in [0.2, 0.25) is 0 Å². The summed E-state index contributed by atoms with van der Waals surface area (Å²) in [4.78, 5) is 34.9. The molecule has 4 aromatic rings. The molecule has 0 spiro atoms. The van der Waals surface area contributed by atoms with Gasteiger partial charge in [-0.15, -0.1) is 0 Å². The van der Waals surface area contributed by atoms with Crippen molar-refractivity contribution >= 4 is 12.0 Å². The fourth-order valence-corrected chi connectivity index (χ4v) is 3.94. The number of hydrogen-bond acceptors (Lipinski definition) is 5. The van der Waals surface area contributed by atoms with Crippen molar-refractivity contribution in [1.82, 2.24) is 20.2 Å². The molecule has 0 saturated carbocycles. The summed E-state index contributed by atoms with van der Waals surface area (Å²) in [7, 11) is 0. The number of likely N-dealkylation sites (N-methyl/N-ethyl adjacent to an activating group) is 1. The third-order valence-electron chi connectivity index (χ3n) is 6.02. The molecule has 8 heteroatoms. The van der Waals surface area contributed by atoms with Crippen molar-refractivity contribution in [1.29, 1.82) is 0 Å². The van der Waals surface area contributed by atoms with Gasteiger partial charge >= 0.3 is 6.09 Å². The number of hydrogen-bond donors (Lipinski definition) is 2. The van der Waals surface area contributed by atoms with Gasteiger partial charge in [0.1, 0.15) is 25.0 Å². The monoisotopic (exact) mass is 512 g/mol. The van der Waals surface area contributed by atoms with Crippen molar-refractivity contribution < 1.29 is 19.1 Å². The molecule has 0 bridgehead atoms. The number of H-pyrrole nitrogens is 1. The molecule has 4 rings (SSSR count). The molecule has 0 aliphatic carbocycles. The Bertz CT molecular complexity index is 1260. The Morgan fingerprint density at radius 1 is 0.895 bits per heavy atom. The van der Waals surface area contributed by atoms with Crippen LogP contribution in [0.4, 0.5) is 4.79 Å². The quantitative estimate of drug-likeness (QED) is 0.282. The third-order valence-corrected chi connectivity index (χ3v) is 6.02. The zero-order valence-corrected chi connectivity index (χ0v) is 21.4. The van der Waals surface area contributed by atoms with Crippen molar-refractivity contribution in [2.45, 2.75) is 39.1 Å². The molecule has 0 radical (unpaired) electrons. The fourth-order valence-electron chi connectivity index (χ4n) is 3.94.